The van der Waals surface area contributed by atoms with Crippen molar-refractivity contribution in [2.45, 2.75) is 6.42 Å². The highest BCUT2D eigenvalue weighted by molar-refractivity contribution is 8.13. The zero-order chi connectivity index (χ0) is 13.1. The van der Waals surface area contributed by atoms with Gasteiger partial charge in [0.1, 0.15) is 0 Å². The topological polar surface area (TPSA) is 12.4 Å². The molecular formula is C16H17NS. The van der Waals surface area contributed by atoms with E-state index >= 15 is 0 Å². The molecule has 0 N–H and O–H groups in total. The van der Waals surface area contributed by atoms with E-state index in [-0.39, 0.29) is 0 Å². The van der Waals surface area contributed by atoms with Crippen LogP contribution in [-0.4, -0.2) is 17.8 Å². The van der Waals surface area contributed by atoms with Crippen LogP contribution in [0.15, 0.2) is 54.1 Å². The van der Waals surface area contributed by atoms with Gasteiger partial charge in [-0.15, -0.1) is 11.8 Å². The molecule has 0 bridgehead atoms. The fourth-order valence-corrected chi connectivity index (χ4v) is 1.71. The monoisotopic (exact) mass is 255 g/mol. The number of hydrogen-bond acceptors (Lipinski definition) is 2. The third-order valence-corrected chi connectivity index (χ3v) is 2.82. The Labute approximate surface area is 114 Å². The summed E-state index contributed by atoms with van der Waals surface area (Å²) >= 11 is 1.65. The summed E-state index contributed by atoms with van der Waals surface area (Å²) in [5.41, 5.74) is 1.19. The fourth-order valence-electron chi connectivity index (χ4n) is 1.28. The molecule has 0 heterocycles. The van der Waals surface area contributed by atoms with E-state index in [2.05, 4.69) is 41.6 Å². The molecule has 0 unspecified atom stereocenters. The van der Waals surface area contributed by atoms with Crippen molar-refractivity contribution in [2.24, 2.45) is 4.99 Å². The minimum Gasteiger partial charge on any atom is -0.277 e. The SMILES string of the molecule is C=CC#CCCN=C(/C=C/c1ccccc1)SC. The number of hydrogen-bond donors (Lipinski definition) is 0. The summed E-state index contributed by atoms with van der Waals surface area (Å²) in [5, 5.41) is 1.03. The molecule has 0 saturated heterocycles. The Bertz CT molecular complexity index is 475. The van der Waals surface area contributed by atoms with Gasteiger partial charge in [-0.25, -0.2) is 0 Å². The lowest BCUT2D eigenvalue weighted by Crippen LogP contribution is -1.88. The van der Waals surface area contributed by atoms with E-state index < -0.39 is 0 Å². The molecule has 2 heteroatoms. The molecule has 92 valence electrons. The lowest BCUT2D eigenvalue weighted by Gasteiger charge is -1.96. The first-order valence-electron chi connectivity index (χ1n) is 5.77. The minimum absolute atomic E-state index is 0.732. The van der Waals surface area contributed by atoms with Gasteiger partial charge in [0, 0.05) is 6.42 Å². The Kier molecular flexibility index (Phi) is 7.43. The van der Waals surface area contributed by atoms with E-state index in [4.69, 9.17) is 0 Å². The van der Waals surface area contributed by atoms with Gasteiger partial charge in [-0.3, -0.25) is 4.99 Å². The van der Waals surface area contributed by atoms with Crippen molar-refractivity contribution in [3.8, 4) is 11.8 Å². The molecule has 0 amide bonds. The van der Waals surface area contributed by atoms with E-state index in [0.29, 0.717) is 0 Å². The van der Waals surface area contributed by atoms with Crippen molar-refractivity contribution in [2.75, 3.05) is 12.8 Å². The maximum atomic E-state index is 4.49. The zero-order valence-corrected chi connectivity index (χ0v) is 11.4. The molecule has 0 aromatic heterocycles. The Morgan fingerprint density at radius 1 is 1.39 bits per heavy atom. The number of nitrogens with zero attached hydrogens (tertiary/aromatic N) is 1. The second kappa shape index (κ2) is 9.32. The van der Waals surface area contributed by atoms with Crippen LogP contribution >= 0.6 is 11.8 Å². The van der Waals surface area contributed by atoms with Gasteiger partial charge in [-0.2, -0.15) is 0 Å². The normalized spacial score (nSPS) is 11.1. The molecular weight excluding hydrogens is 238 g/mol. The molecule has 0 radical (unpaired) electrons. The Hall–Kier alpha value is -1.72. The van der Waals surface area contributed by atoms with Crippen LogP contribution in [0.5, 0.6) is 0 Å². The number of rotatable bonds is 4. The largest absolute Gasteiger partial charge is 0.277 e. The summed E-state index contributed by atoms with van der Waals surface area (Å²) in [5.74, 6) is 5.80. The van der Waals surface area contributed by atoms with Crippen LogP contribution in [-0.2, 0) is 0 Å². The van der Waals surface area contributed by atoms with Crippen molar-refractivity contribution in [3.63, 3.8) is 0 Å². The van der Waals surface area contributed by atoms with Crippen molar-refractivity contribution < 1.29 is 0 Å². The van der Waals surface area contributed by atoms with Crippen LogP contribution in [0, 0.1) is 11.8 Å². The van der Waals surface area contributed by atoms with Gasteiger partial charge in [0.25, 0.3) is 0 Å². The molecule has 18 heavy (non-hydrogen) atoms. The second-order valence-electron chi connectivity index (χ2n) is 3.44. The highest BCUT2D eigenvalue weighted by Gasteiger charge is 1.90. The Balaban J connectivity index is 2.53. The maximum Gasteiger partial charge on any atom is 0.0902 e. The van der Waals surface area contributed by atoms with Crippen LogP contribution < -0.4 is 0 Å². The molecule has 0 saturated carbocycles. The standard InChI is InChI=1S/C16H17NS/c1-3-4-5-9-14-17-16(18-2)13-12-15-10-7-6-8-11-15/h3,6-8,10-13H,1,9,14H2,2H3/b13-12+,17-16?. The highest BCUT2D eigenvalue weighted by Crippen LogP contribution is 2.06. The van der Waals surface area contributed by atoms with Gasteiger partial charge in [0.05, 0.1) is 11.6 Å². The van der Waals surface area contributed by atoms with E-state index in [0.717, 1.165) is 18.0 Å². The van der Waals surface area contributed by atoms with E-state index in [1.165, 1.54) is 5.56 Å². The molecule has 0 spiro atoms. The summed E-state index contributed by atoms with van der Waals surface area (Å²) in [6.07, 6.45) is 8.53. The number of aliphatic imine (C=N–C) groups is 1. The van der Waals surface area contributed by atoms with Crippen molar-refractivity contribution in [1.29, 1.82) is 0 Å². The lowest BCUT2D eigenvalue weighted by atomic mass is 10.2. The van der Waals surface area contributed by atoms with Crippen LogP contribution in [0.4, 0.5) is 0 Å². The van der Waals surface area contributed by atoms with E-state index in [1.54, 1.807) is 17.8 Å². The third kappa shape index (κ3) is 6.12. The molecule has 1 aromatic carbocycles. The second-order valence-corrected chi connectivity index (χ2v) is 4.27. The number of thioether (sulfide) groups is 1. The fraction of sp³-hybridized carbons (Fsp3) is 0.188. The predicted molar refractivity (Wildman–Crippen MR) is 83.9 cm³/mol. The first kappa shape index (κ1) is 14.3. The van der Waals surface area contributed by atoms with Gasteiger partial charge < -0.3 is 0 Å². The summed E-state index contributed by atoms with van der Waals surface area (Å²) in [6.45, 7) is 4.28. The quantitative estimate of drug-likeness (QED) is 0.342. The van der Waals surface area contributed by atoms with Crippen LogP contribution in [0.3, 0.4) is 0 Å². The average molecular weight is 255 g/mol. The molecule has 1 nitrogen and oxygen atoms in total. The first-order chi connectivity index (χ1) is 8.86. The molecule has 1 aromatic rings. The van der Waals surface area contributed by atoms with Gasteiger partial charge in [0.15, 0.2) is 0 Å². The summed E-state index contributed by atoms with van der Waals surface area (Å²) in [7, 11) is 0. The van der Waals surface area contributed by atoms with Gasteiger partial charge in [-0.1, -0.05) is 54.8 Å². The third-order valence-electron chi connectivity index (χ3n) is 2.14. The molecule has 0 aliphatic carbocycles. The predicted octanol–water partition coefficient (Wildman–Crippen LogP) is 4.04. The van der Waals surface area contributed by atoms with Crippen LogP contribution in [0.2, 0.25) is 0 Å². The van der Waals surface area contributed by atoms with Crippen molar-refractivity contribution >= 4 is 22.9 Å². The van der Waals surface area contributed by atoms with Crippen molar-refractivity contribution in [3.05, 3.63) is 54.6 Å². The zero-order valence-electron chi connectivity index (χ0n) is 10.6. The number of benzene rings is 1. The van der Waals surface area contributed by atoms with E-state index in [1.807, 2.05) is 30.5 Å². The summed E-state index contributed by atoms with van der Waals surface area (Å²) in [4.78, 5) is 4.49. The lowest BCUT2D eigenvalue weighted by molar-refractivity contribution is 1.04. The van der Waals surface area contributed by atoms with Gasteiger partial charge in [-0.05, 0) is 24.0 Å². The van der Waals surface area contributed by atoms with E-state index in [9.17, 15) is 0 Å². The van der Waals surface area contributed by atoms with Crippen LogP contribution in [0.25, 0.3) is 6.08 Å². The highest BCUT2D eigenvalue weighted by atomic mass is 32.2. The average Bonchev–Trinajstić information content (AvgIpc) is 2.43. The van der Waals surface area contributed by atoms with Crippen molar-refractivity contribution in [1.82, 2.24) is 0 Å². The minimum atomic E-state index is 0.732. The molecule has 1 rings (SSSR count). The molecule has 0 atom stereocenters. The smallest absolute Gasteiger partial charge is 0.0902 e. The Morgan fingerprint density at radius 2 is 2.17 bits per heavy atom. The van der Waals surface area contributed by atoms with Crippen LogP contribution in [0.1, 0.15) is 12.0 Å². The molecule has 0 aliphatic rings. The molecule has 0 fully saturated rings. The number of allylic oxidation sites excluding steroid dienone is 1. The van der Waals surface area contributed by atoms with Gasteiger partial charge >= 0.3 is 0 Å². The van der Waals surface area contributed by atoms with Gasteiger partial charge in [0.2, 0.25) is 0 Å². The summed E-state index contributed by atoms with van der Waals surface area (Å²) < 4.78 is 0. The maximum absolute atomic E-state index is 4.49. The Morgan fingerprint density at radius 3 is 2.83 bits per heavy atom. The molecule has 0 aliphatic heterocycles. The first-order valence-corrected chi connectivity index (χ1v) is 7.00. The summed E-state index contributed by atoms with van der Waals surface area (Å²) in [6, 6.07) is 10.2.